The lowest BCUT2D eigenvalue weighted by Gasteiger charge is -2.37. The Kier molecular flexibility index (Phi) is 2.62. The maximum Gasteiger partial charge on any atom is 0.336 e. The number of carbonyl (C=O) groups excluding carboxylic acids is 1. The molecule has 0 aromatic rings. The van der Waals surface area contributed by atoms with Gasteiger partial charge in [-0.15, -0.1) is 0 Å². The molecule has 4 atom stereocenters. The van der Waals surface area contributed by atoms with Gasteiger partial charge in [-0.25, -0.2) is 4.79 Å². The lowest BCUT2D eigenvalue weighted by molar-refractivity contribution is -0.186. The van der Waals surface area contributed by atoms with Crippen LogP contribution in [0.4, 0.5) is 0 Å². The molecule has 0 spiro atoms. The van der Waals surface area contributed by atoms with Crippen LogP contribution in [0.5, 0.6) is 0 Å². The summed E-state index contributed by atoms with van der Waals surface area (Å²) in [5.41, 5.74) is -2.28. The van der Waals surface area contributed by atoms with E-state index in [4.69, 9.17) is 15.3 Å². The molecule has 1 fully saturated rings. The van der Waals surface area contributed by atoms with Crippen molar-refractivity contribution >= 4 is 11.8 Å². The van der Waals surface area contributed by atoms with E-state index in [0.717, 1.165) is 0 Å². The molecule has 0 heterocycles. The van der Waals surface area contributed by atoms with E-state index in [-0.39, 0.29) is 0 Å². The van der Waals surface area contributed by atoms with Crippen molar-refractivity contribution in [2.24, 2.45) is 5.92 Å². The van der Waals surface area contributed by atoms with Crippen molar-refractivity contribution < 1.29 is 30.0 Å². The van der Waals surface area contributed by atoms with Gasteiger partial charge in [0.25, 0.3) is 0 Å². The maximum absolute atomic E-state index is 11.2. The Hall–Kier alpha value is -0.980. The number of carbonyl (C=O) groups is 2. The van der Waals surface area contributed by atoms with Crippen molar-refractivity contribution in [2.75, 3.05) is 0 Å². The minimum absolute atomic E-state index is 0.545. The Morgan fingerprint density at radius 3 is 2.43 bits per heavy atom. The van der Waals surface area contributed by atoms with E-state index < -0.39 is 41.9 Å². The maximum atomic E-state index is 11.2. The first-order chi connectivity index (χ1) is 6.30. The number of ketones is 1. The van der Waals surface area contributed by atoms with Crippen LogP contribution < -0.4 is 0 Å². The quantitative estimate of drug-likeness (QED) is 0.398. The minimum atomic E-state index is -2.28. The van der Waals surface area contributed by atoms with E-state index in [1.807, 2.05) is 0 Å². The van der Waals surface area contributed by atoms with Gasteiger partial charge in [-0.3, -0.25) is 4.79 Å². The molecular formula is C8H12O6. The highest BCUT2D eigenvalue weighted by Crippen LogP contribution is 2.31. The van der Waals surface area contributed by atoms with Crippen LogP contribution in [-0.2, 0) is 9.59 Å². The molecule has 0 unspecified atom stereocenters. The zero-order valence-corrected chi connectivity index (χ0v) is 7.54. The highest BCUT2D eigenvalue weighted by atomic mass is 16.4. The summed E-state index contributed by atoms with van der Waals surface area (Å²) >= 11 is 0. The predicted molar refractivity (Wildman–Crippen MR) is 43.4 cm³/mol. The fourth-order valence-corrected chi connectivity index (χ4v) is 1.56. The van der Waals surface area contributed by atoms with Gasteiger partial charge in [-0.2, -0.15) is 0 Å². The number of carboxylic acid groups (broad SMARTS) is 1. The average molecular weight is 204 g/mol. The average Bonchev–Trinajstić information content (AvgIpc) is 2.11. The first kappa shape index (κ1) is 11.1. The molecule has 0 amide bonds. The summed E-state index contributed by atoms with van der Waals surface area (Å²) in [6.45, 7) is 1.21. The Balaban J connectivity index is 3.02. The monoisotopic (exact) mass is 204 g/mol. The van der Waals surface area contributed by atoms with Gasteiger partial charge in [0.2, 0.25) is 0 Å². The van der Waals surface area contributed by atoms with Crippen molar-refractivity contribution in [1.82, 2.24) is 0 Å². The number of aliphatic carboxylic acids is 1. The van der Waals surface area contributed by atoms with Crippen LogP contribution in [0.15, 0.2) is 0 Å². The molecule has 1 saturated carbocycles. The molecule has 6 heteroatoms. The van der Waals surface area contributed by atoms with Crippen LogP contribution >= 0.6 is 0 Å². The molecule has 14 heavy (non-hydrogen) atoms. The molecule has 0 aromatic carbocycles. The molecule has 0 saturated heterocycles. The van der Waals surface area contributed by atoms with Crippen molar-refractivity contribution in [3.8, 4) is 0 Å². The van der Waals surface area contributed by atoms with Gasteiger partial charge in [-0.05, 0) is 0 Å². The summed E-state index contributed by atoms with van der Waals surface area (Å²) in [5, 5.41) is 36.6. The van der Waals surface area contributed by atoms with Crippen molar-refractivity contribution in [3.05, 3.63) is 0 Å². The SMILES string of the molecule is C[C@@H]1C(=O)[C@@H](O)[C@H](O)C[C@]1(O)C(=O)O. The molecule has 0 radical (unpaired) electrons. The fraction of sp³-hybridized carbons (Fsp3) is 0.750. The van der Waals surface area contributed by atoms with Crippen molar-refractivity contribution in [2.45, 2.75) is 31.2 Å². The lowest BCUT2D eigenvalue weighted by atomic mass is 9.73. The van der Waals surface area contributed by atoms with Gasteiger partial charge in [0.15, 0.2) is 11.4 Å². The van der Waals surface area contributed by atoms with Gasteiger partial charge < -0.3 is 20.4 Å². The molecule has 0 bridgehead atoms. The third kappa shape index (κ3) is 1.41. The summed E-state index contributed by atoms with van der Waals surface area (Å²) in [5.74, 6) is -3.64. The molecule has 1 aliphatic rings. The zero-order valence-electron chi connectivity index (χ0n) is 7.54. The van der Waals surface area contributed by atoms with Gasteiger partial charge in [-0.1, -0.05) is 6.92 Å². The van der Waals surface area contributed by atoms with E-state index in [9.17, 15) is 14.7 Å². The fourth-order valence-electron chi connectivity index (χ4n) is 1.56. The number of aliphatic hydroxyl groups excluding tert-OH is 2. The summed E-state index contributed by atoms with van der Waals surface area (Å²) in [4.78, 5) is 21.9. The minimum Gasteiger partial charge on any atom is -0.479 e. The molecular weight excluding hydrogens is 192 g/mol. The second-order valence-corrected chi connectivity index (χ2v) is 3.57. The number of hydrogen-bond donors (Lipinski definition) is 4. The van der Waals surface area contributed by atoms with Crippen molar-refractivity contribution in [3.63, 3.8) is 0 Å². The summed E-state index contributed by atoms with van der Waals surface area (Å²) < 4.78 is 0. The van der Waals surface area contributed by atoms with Crippen LogP contribution in [0.25, 0.3) is 0 Å². The molecule has 0 aromatic heterocycles. The topological polar surface area (TPSA) is 115 Å². The van der Waals surface area contributed by atoms with Crippen molar-refractivity contribution in [1.29, 1.82) is 0 Å². The predicted octanol–water partition coefficient (Wildman–Crippen LogP) is -1.87. The number of hydrogen-bond acceptors (Lipinski definition) is 5. The second kappa shape index (κ2) is 3.30. The van der Waals surface area contributed by atoms with Crippen LogP contribution in [0.3, 0.4) is 0 Å². The third-order valence-electron chi connectivity index (χ3n) is 2.69. The number of carboxylic acids is 1. The van der Waals surface area contributed by atoms with Gasteiger partial charge in [0.05, 0.1) is 12.0 Å². The summed E-state index contributed by atoms with van der Waals surface area (Å²) in [7, 11) is 0. The number of Topliss-reactive ketones (excluding diaryl/α,β-unsaturated/α-hetero) is 1. The standard InChI is InChI=1S/C8H12O6/c1-3-5(10)6(11)4(9)2-8(3,14)7(12)13/h3-4,6,9,11,14H,2H2,1H3,(H,12,13)/t3-,4-,6+,8-/m1/s1. The Morgan fingerprint density at radius 2 is 2.00 bits per heavy atom. The smallest absolute Gasteiger partial charge is 0.336 e. The van der Waals surface area contributed by atoms with E-state index in [0.29, 0.717) is 0 Å². The second-order valence-electron chi connectivity index (χ2n) is 3.57. The lowest BCUT2D eigenvalue weighted by Crippen LogP contribution is -2.59. The summed E-state index contributed by atoms with van der Waals surface area (Å²) in [6, 6.07) is 0. The highest BCUT2D eigenvalue weighted by molar-refractivity contribution is 5.94. The van der Waals surface area contributed by atoms with Gasteiger partial charge in [0.1, 0.15) is 6.10 Å². The first-order valence-corrected chi connectivity index (χ1v) is 4.16. The third-order valence-corrected chi connectivity index (χ3v) is 2.69. The van der Waals surface area contributed by atoms with Gasteiger partial charge in [0, 0.05) is 6.42 Å². The molecule has 4 N–H and O–H groups in total. The van der Waals surface area contributed by atoms with E-state index in [1.165, 1.54) is 6.92 Å². The molecule has 6 nitrogen and oxygen atoms in total. The van der Waals surface area contributed by atoms with Crippen LogP contribution in [0.1, 0.15) is 13.3 Å². The van der Waals surface area contributed by atoms with E-state index in [2.05, 4.69) is 0 Å². The van der Waals surface area contributed by atoms with E-state index >= 15 is 0 Å². The normalized spacial score (nSPS) is 43.7. The Labute approximate surface area is 79.8 Å². The first-order valence-electron chi connectivity index (χ1n) is 4.16. The molecule has 0 aliphatic heterocycles. The number of rotatable bonds is 1. The van der Waals surface area contributed by atoms with E-state index in [1.54, 1.807) is 0 Å². The van der Waals surface area contributed by atoms with Crippen LogP contribution in [0.2, 0.25) is 0 Å². The Bertz CT molecular complexity index is 275. The molecule has 1 aliphatic carbocycles. The summed E-state index contributed by atoms with van der Waals surface area (Å²) in [6.07, 6.45) is -3.68. The van der Waals surface area contributed by atoms with Crippen LogP contribution in [0, 0.1) is 5.92 Å². The molecule has 1 rings (SSSR count). The zero-order chi connectivity index (χ0) is 11.1. The Morgan fingerprint density at radius 1 is 1.50 bits per heavy atom. The van der Waals surface area contributed by atoms with Gasteiger partial charge >= 0.3 is 5.97 Å². The number of aliphatic hydroxyl groups is 3. The largest absolute Gasteiger partial charge is 0.479 e. The highest BCUT2D eigenvalue weighted by Gasteiger charge is 2.54. The molecule has 80 valence electrons. The van der Waals surface area contributed by atoms with Crippen LogP contribution in [-0.4, -0.2) is 50.0 Å².